The van der Waals surface area contributed by atoms with Gasteiger partial charge in [0.2, 0.25) is 0 Å². The van der Waals surface area contributed by atoms with Crippen molar-refractivity contribution in [1.82, 2.24) is 4.90 Å². The molecule has 5 N–H and O–H groups in total. The Morgan fingerprint density at radius 1 is 1.12 bits per heavy atom. The number of phenolic OH excluding ortho intramolecular Hbond substituents is 2. The molecule has 0 radical (unpaired) electrons. The number of aliphatic hydroxyl groups excluding tert-OH is 2. The van der Waals surface area contributed by atoms with Gasteiger partial charge < -0.3 is 25.5 Å². The van der Waals surface area contributed by atoms with Gasteiger partial charge in [0, 0.05) is 11.5 Å². The lowest BCUT2D eigenvalue weighted by atomic mass is 9.60. The van der Waals surface area contributed by atoms with Crippen LogP contribution >= 0.6 is 0 Å². The van der Waals surface area contributed by atoms with Crippen LogP contribution in [0.4, 0.5) is 0 Å². The second-order valence-corrected chi connectivity index (χ2v) is 9.11. The zero-order chi connectivity index (χ0) is 23.9. The predicted molar refractivity (Wildman–Crippen MR) is 117 cm³/mol. The zero-order valence-corrected chi connectivity index (χ0v) is 18.6. The number of hydrogen-bond acceptors (Lipinski definition) is 8. The minimum absolute atomic E-state index is 0.0315. The highest BCUT2D eigenvalue weighted by Gasteiger charge is 2.61. The van der Waals surface area contributed by atoms with Crippen LogP contribution in [0.5, 0.6) is 11.5 Å². The van der Waals surface area contributed by atoms with E-state index in [2.05, 4.69) is 0 Å². The van der Waals surface area contributed by atoms with Gasteiger partial charge in [-0.15, -0.1) is 0 Å². The molecule has 0 bridgehead atoms. The summed E-state index contributed by atoms with van der Waals surface area (Å²) >= 11 is 0. The molecule has 4 atom stereocenters. The minimum Gasteiger partial charge on any atom is -0.508 e. The first kappa shape index (κ1) is 22.3. The van der Waals surface area contributed by atoms with Crippen LogP contribution in [0.1, 0.15) is 35.3 Å². The van der Waals surface area contributed by atoms with Gasteiger partial charge in [-0.05, 0) is 63.4 Å². The zero-order valence-electron chi connectivity index (χ0n) is 18.6. The van der Waals surface area contributed by atoms with Gasteiger partial charge in [0.25, 0.3) is 0 Å². The Labute approximate surface area is 185 Å². The van der Waals surface area contributed by atoms with Crippen molar-refractivity contribution in [3.05, 3.63) is 45.7 Å². The van der Waals surface area contributed by atoms with Crippen LogP contribution < -0.4 is 0 Å². The standard InChI is InChI=1S/C24H27NO7/c1-9-6-7-12-10(2)13-8-14-18(25(4)5)21(29)15(11(3)26)22(30)24(14,32)23(31)17(13)20(28)16(12)19(9)27/h6-7,14,18,23,27-28,30-32H,8H2,1-5H3. The molecule has 0 spiro atoms. The van der Waals surface area contributed by atoms with Crippen molar-refractivity contribution < 1.29 is 35.1 Å². The first-order valence-electron chi connectivity index (χ1n) is 10.4. The maximum Gasteiger partial charge on any atom is 0.187 e. The number of aliphatic hydroxyl groups is 3. The lowest BCUT2D eigenvalue weighted by Gasteiger charge is -2.51. The molecule has 0 aromatic heterocycles. The number of fused-ring (bicyclic) bond motifs is 3. The van der Waals surface area contributed by atoms with E-state index in [1.54, 1.807) is 45.0 Å². The fourth-order valence-corrected chi connectivity index (χ4v) is 5.49. The lowest BCUT2D eigenvalue weighted by molar-refractivity contribution is -0.156. The van der Waals surface area contributed by atoms with E-state index in [9.17, 15) is 35.1 Å². The Bertz CT molecular complexity index is 1230. The van der Waals surface area contributed by atoms with Gasteiger partial charge in [0.1, 0.15) is 28.9 Å². The quantitative estimate of drug-likeness (QED) is 0.444. The number of Topliss-reactive ketones (excluding diaryl/α,β-unsaturated/α-hetero) is 2. The van der Waals surface area contributed by atoms with E-state index in [0.717, 1.165) is 6.92 Å². The molecule has 2 aliphatic rings. The Hall–Kier alpha value is -2.94. The van der Waals surface area contributed by atoms with Crippen molar-refractivity contribution >= 4 is 22.3 Å². The molecule has 4 rings (SSSR count). The smallest absolute Gasteiger partial charge is 0.187 e. The van der Waals surface area contributed by atoms with Gasteiger partial charge in [-0.2, -0.15) is 0 Å². The minimum atomic E-state index is -2.38. The summed E-state index contributed by atoms with van der Waals surface area (Å²) in [4.78, 5) is 26.9. The molecule has 2 aromatic carbocycles. The first-order chi connectivity index (χ1) is 14.8. The van der Waals surface area contributed by atoms with E-state index in [4.69, 9.17) is 0 Å². The van der Waals surface area contributed by atoms with Crippen molar-refractivity contribution in [3.63, 3.8) is 0 Å². The molecule has 0 amide bonds. The van der Waals surface area contributed by atoms with Crippen LogP contribution in [0.3, 0.4) is 0 Å². The summed E-state index contributed by atoms with van der Waals surface area (Å²) in [7, 11) is 3.24. The largest absolute Gasteiger partial charge is 0.508 e. The SMILES string of the molecule is CC(=O)C1=C(O)C2(O)C(O)c3c(c(C)c4ccc(C)c(O)c4c3O)CC2C(N(C)C)C1=O. The first-order valence-corrected chi connectivity index (χ1v) is 10.4. The number of ketones is 2. The molecule has 2 aliphatic carbocycles. The summed E-state index contributed by atoms with van der Waals surface area (Å²) in [5.41, 5.74) is -1.24. The number of aryl methyl sites for hydroxylation is 2. The monoisotopic (exact) mass is 441 g/mol. The molecule has 0 aliphatic heterocycles. The Morgan fingerprint density at radius 3 is 2.31 bits per heavy atom. The van der Waals surface area contributed by atoms with Crippen molar-refractivity contribution in [2.24, 2.45) is 5.92 Å². The summed E-state index contributed by atoms with van der Waals surface area (Å²) in [5, 5.41) is 56.4. The highest BCUT2D eigenvalue weighted by Crippen LogP contribution is 2.55. The number of benzene rings is 2. The number of aromatic hydroxyl groups is 2. The van der Waals surface area contributed by atoms with Crippen molar-refractivity contribution in [3.8, 4) is 11.5 Å². The topological polar surface area (TPSA) is 139 Å². The summed E-state index contributed by atoms with van der Waals surface area (Å²) < 4.78 is 0. The van der Waals surface area contributed by atoms with E-state index in [-0.39, 0.29) is 23.1 Å². The molecule has 32 heavy (non-hydrogen) atoms. The molecular weight excluding hydrogens is 414 g/mol. The molecule has 8 heteroatoms. The fourth-order valence-electron chi connectivity index (χ4n) is 5.49. The number of rotatable bonds is 2. The number of likely N-dealkylation sites (N-methyl/N-ethyl adjacent to an activating group) is 1. The van der Waals surface area contributed by atoms with Crippen LogP contribution in [0.25, 0.3) is 10.8 Å². The van der Waals surface area contributed by atoms with E-state index >= 15 is 0 Å². The molecule has 8 nitrogen and oxygen atoms in total. The normalized spacial score (nSPS) is 27.6. The highest BCUT2D eigenvalue weighted by atomic mass is 16.4. The van der Waals surface area contributed by atoms with E-state index in [1.165, 1.54) is 0 Å². The van der Waals surface area contributed by atoms with Crippen molar-refractivity contribution in [2.75, 3.05) is 14.1 Å². The van der Waals surface area contributed by atoms with Gasteiger partial charge in [-0.25, -0.2) is 0 Å². The third-order valence-electron chi connectivity index (χ3n) is 7.15. The molecule has 4 unspecified atom stereocenters. The molecule has 0 heterocycles. The molecule has 2 aromatic rings. The molecular formula is C24H27NO7. The number of carbonyl (C=O) groups is 2. The van der Waals surface area contributed by atoms with E-state index in [0.29, 0.717) is 22.1 Å². The van der Waals surface area contributed by atoms with Crippen LogP contribution in [-0.2, 0) is 16.0 Å². The summed E-state index contributed by atoms with van der Waals surface area (Å²) in [6.07, 6.45) is -1.79. The van der Waals surface area contributed by atoms with Crippen LogP contribution in [0.2, 0.25) is 0 Å². The molecule has 0 saturated heterocycles. The summed E-state index contributed by atoms with van der Waals surface area (Å²) in [6, 6.07) is 2.49. The van der Waals surface area contributed by atoms with Crippen molar-refractivity contribution in [1.29, 1.82) is 0 Å². The van der Waals surface area contributed by atoms with E-state index < -0.39 is 52.3 Å². The average molecular weight is 441 g/mol. The third kappa shape index (κ3) is 2.60. The highest BCUT2D eigenvalue weighted by molar-refractivity contribution is 6.22. The van der Waals surface area contributed by atoms with Crippen LogP contribution in [0.15, 0.2) is 23.5 Å². The van der Waals surface area contributed by atoms with Crippen LogP contribution in [0, 0.1) is 19.8 Å². The van der Waals surface area contributed by atoms with Gasteiger partial charge in [0.05, 0.1) is 11.4 Å². The number of hydrogen-bond donors (Lipinski definition) is 5. The summed E-state index contributed by atoms with van der Waals surface area (Å²) in [6.45, 7) is 4.56. The average Bonchev–Trinajstić information content (AvgIpc) is 2.70. The van der Waals surface area contributed by atoms with Gasteiger partial charge >= 0.3 is 0 Å². The fraction of sp³-hybridized carbons (Fsp3) is 0.417. The maximum atomic E-state index is 13.1. The third-order valence-corrected chi connectivity index (χ3v) is 7.15. The second-order valence-electron chi connectivity index (χ2n) is 9.11. The summed E-state index contributed by atoms with van der Waals surface area (Å²) in [5.74, 6) is -3.78. The van der Waals surface area contributed by atoms with Gasteiger partial charge in [-0.1, -0.05) is 12.1 Å². The number of phenols is 2. The molecule has 170 valence electrons. The Kier molecular flexibility index (Phi) is 4.89. The Morgan fingerprint density at radius 2 is 1.75 bits per heavy atom. The molecule has 0 saturated carbocycles. The number of carbonyl (C=O) groups excluding carboxylic acids is 2. The van der Waals surface area contributed by atoms with Crippen LogP contribution in [-0.4, -0.2) is 67.7 Å². The van der Waals surface area contributed by atoms with Gasteiger partial charge in [0.15, 0.2) is 17.2 Å². The number of nitrogens with zero attached hydrogens (tertiary/aromatic N) is 1. The van der Waals surface area contributed by atoms with E-state index in [1.807, 2.05) is 0 Å². The lowest BCUT2D eigenvalue weighted by Crippen LogP contribution is -2.63. The van der Waals surface area contributed by atoms with Crippen molar-refractivity contribution in [2.45, 2.75) is 44.9 Å². The second kappa shape index (κ2) is 7.03. The molecule has 0 fully saturated rings. The predicted octanol–water partition coefficient (Wildman–Crippen LogP) is 1.72. The van der Waals surface area contributed by atoms with Gasteiger partial charge in [-0.3, -0.25) is 14.5 Å². The Balaban J connectivity index is 2.11. The maximum absolute atomic E-state index is 13.1.